The highest BCUT2D eigenvalue weighted by Gasteiger charge is 2.19. The van der Waals surface area contributed by atoms with Crippen LogP contribution in [-0.4, -0.2) is 96.7 Å². The second-order valence-corrected chi connectivity index (χ2v) is 15.0. The fraction of sp³-hybridized carbons (Fsp3) is 0.350. The van der Waals surface area contributed by atoms with E-state index in [0.29, 0.717) is 68.0 Å². The van der Waals surface area contributed by atoms with Crippen molar-refractivity contribution < 1.29 is 27.5 Å². The lowest BCUT2D eigenvalue weighted by Gasteiger charge is -2.23. The minimum Gasteiger partial charge on any atom is -0.497 e. The summed E-state index contributed by atoms with van der Waals surface area (Å²) >= 11 is 0. The number of nitrogens with two attached hydrogens (primary N) is 1. The number of methoxy groups -OCH3 is 2. The Labute approximate surface area is 332 Å². The van der Waals surface area contributed by atoms with Crippen LogP contribution in [0.15, 0.2) is 85.2 Å². The largest absolute Gasteiger partial charge is 0.497 e. The number of aromatic amines is 2. The molecule has 4 heterocycles. The fourth-order valence-electron chi connectivity index (χ4n) is 6.09. The van der Waals surface area contributed by atoms with Gasteiger partial charge in [0.2, 0.25) is 21.8 Å². The lowest BCUT2D eigenvalue weighted by Crippen LogP contribution is -2.35. The van der Waals surface area contributed by atoms with Gasteiger partial charge in [-0.05, 0) is 87.7 Å². The van der Waals surface area contributed by atoms with E-state index in [9.17, 15) is 18.0 Å². The number of H-pyrrole nitrogens is 2. The van der Waals surface area contributed by atoms with Crippen LogP contribution in [0.5, 0.6) is 11.5 Å². The Hall–Kier alpha value is -5.91. The van der Waals surface area contributed by atoms with Crippen LogP contribution in [0.3, 0.4) is 0 Å². The Morgan fingerprint density at radius 3 is 1.68 bits per heavy atom. The van der Waals surface area contributed by atoms with Crippen molar-refractivity contribution in [1.82, 2.24) is 35.1 Å². The lowest BCUT2D eigenvalue weighted by atomic mass is 10.1. The lowest BCUT2D eigenvalue weighted by molar-refractivity contribution is -0.119. The fourth-order valence-corrected chi connectivity index (χ4v) is 6.75. The van der Waals surface area contributed by atoms with E-state index in [0.717, 1.165) is 40.0 Å². The van der Waals surface area contributed by atoms with Gasteiger partial charge in [0.25, 0.3) is 0 Å². The third-order valence-electron chi connectivity index (χ3n) is 9.17. The number of rotatable bonds is 19. The Morgan fingerprint density at radius 2 is 1.23 bits per heavy atom. The molecule has 57 heavy (non-hydrogen) atoms. The number of nitrogens with zero attached hydrogens (tertiary/aromatic N) is 6. The van der Waals surface area contributed by atoms with Crippen molar-refractivity contribution in [2.45, 2.75) is 45.4 Å². The molecule has 16 nitrogen and oxygen atoms in total. The van der Waals surface area contributed by atoms with Crippen molar-refractivity contribution in [3.05, 3.63) is 96.6 Å². The Bertz CT molecular complexity index is 2330. The molecule has 2 aromatic carbocycles. The molecular weight excluding hydrogens is 749 g/mol. The molecule has 0 aliphatic rings. The number of carbonyl (C=O) groups is 2. The number of benzene rings is 2. The van der Waals surface area contributed by atoms with Gasteiger partial charge in [-0.2, -0.15) is 10.2 Å². The molecule has 4 aromatic heterocycles. The first-order chi connectivity index (χ1) is 27.7. The number of fused-ring (bicyclic) bond motifs is 2. The Balaban J connectivity index is 0.000000221. The number of aryl methyl sites for hydroxylation is 2. The van der Waals surface area contributed by atoms with Gasteiger partial charge in [0.1, 0.15) is 11.5 Å². The molecule has 6 rings (SSSR count). The minimum absolute atomic E-state index is 0.0263. The maximum Gasteiger partial charge on any atom is 0.227 e. The predicted octanol–water partition coefficient (Wildman–Crippen LogP) is 4.54. The molecule has 5 N–H and O–H groups in total. The van der Waals surface area contributed by atoms with E-state index in [1.54, 1.807) is 49.4 Å². The highest BCUT2D eigenvalue weighted by atomic mass is 32.2. The molecule has 0 fully saturated rings. The van der Waals surface area contributed by atoms with Gasteiger partial charge in [0.15, 0.2) is 11.3 Å². The minimum atomic E-state index is -3.26. The average molecular weight is 799 g/mol. The topological polar surface area (TPSA) is 214 Å². The summed E-state index contributed by atoms with van der Waals surface area (Å²) in [6.07, 6.45) is 6.30. The molecule has 0 bridgehead atoms. The molecule has 0 saturated heterocycles. The first kappa shape index (κ1) is 42.2. The Morgan fingerprint density at radius 1 is 0.737 bits per heavy atom. The molecule has 0 aliphatic carbocycles. The molecular formula is C40H50N10O6S. The molecule has 6 aromatic rings. The van der Waals surface area contributed by atoms with Crippen LogP contribution in [0.1, 0.15) is 44.0 Å². The van der Waals surface area contributed by atoms with Gasteiger partial charge in [0, 0.05) is 90.5 Å². The number of pyridine rings is 2. The van der Waals surface area contributed by atoms with E-state index in [1.807, 2.05) is 66.7 Å². The van der Waals surface area contributed by atoms with Gasteiger partial charge in [-0.25, -0.2) is 23.1 Å². The summed E-state index contributed by atoms with van der Waals surface area (Å²) in [7, 11) is -0.0788. The highest BCUT2D eigenvalue weighted by molar-refractivity contribution is 7.89. The third kappa shape index (κ3) is 11.8. The monoisotopic (exact) mass is 798 g/mol. The highest BCUT2D eigenvalue weighted by Crippen LogP contribution is 2.25. The molecule has 17 heteroatoms. The number of ether oxygens (including phenoxy) is 2. The number of carbonyl (C=O) groups excluding carboxylic acids is 2. The Kier molecular flexibility index (Phi) is 15.4. The van der Waals surface area contributed by atoms with Gasteiger partial charge in [-0.1, -0.05) is 12.1 Å². The first-order valence-electron chi connectivity index (χ1n) is 18.8. The van der Waals surface area contributed by atoms with Crippen LogP contribution in [0.4, 0.5) is 11.4 Å². The molecule has 0 spiro atoms. The summed E-state index contributed by atoms with van der Waals surface area (Å²) < 4.78 is 36.4. The van der Waals surface area contributed by atoms with Crippen molar-refractivity contribution in [3.63, 3.8) is 0 Å². The van der Waals surface area contributed by atoms with Crippen LogP contribution in [0, 0.1) is 0 Å². The first-order valence-corrected chi connectivity index (χ1v) is 20.4. The summed E-state index contributed by atoms with van der Waals surface area (Å²) in [6.45, 7) is 3.34. The zero-order chi connectivity index (χ0) is 40.6. The number of anilines is 2. The van der Waals surface area contributed by atoms with Gasteiger partial charge < -0.3 is 25.0 Å². The summed E-state index contributed by atoms with van der Waals surface area (Å²) in [5, 5.41) is 16.2. The maximum atomic E-state index is 13.1. The van der Waals surface area contributed by atoms with Crippen LogP contribution in [0.2, 0.25) is 0 Å². The van der Waals surface area contributed by atoms with E-state index >= 15 is 0 Å². The summed E-state index contributed by atoms with van der Waals surface area (Å²) in [4.78, 5) is 37.8. The van der Waals surface area contributed by atoms with E-state index < -0.39 is 10.0 Å². The molecule has 2 amide bonds. The van der Waals surface area contributed by atoms with Crippen molar-refractivity contribution >= 4 is 55.3 Å². The molecule has 0 unspecified atom stereocenters. The van der Waals surface area contributed by atoms with Crippen molar-refractivity contribution in [2.75, 3.05) is 56.0 Å². The smallest absolute Gasteiger partial charge is 0.227 e. The standard InChI is InChI=1S/C21H27N5O4S.C19H23N5O2/c1-3-31(28,29)23-13-6-14-26(16-7-4-8-17(15-16)30-2)20(27)11-10-19-18-9-5-12-22-21(18)25-24-19;1-26-15-6-2-5-14(13-15)24(12-4-10-20)18(25)9-8-17-16-7-3-11-21-19(16)23-22-17/h4-5,7-9,12,15,23H,3,6,10-11,13-14H2,1-2H3,(H,22,24,25);2-3,5-7,11,13H,4,8-10,12,20H2,1H3,(H,21,22,23). The molecule has 0 saturated carbocycles. The van der Waals surface area contributed by atoms with Crippen LogP contribution < -0.4 is 29.7 Å². The van der Waals surface area contributed by atoms with E-state index in [2.05, 4.69) is 35.1 Å². The zero-order valence-electron chi connectivity index (χ0n) is 32.5. The number of sulfonamides is 1. The van der Waals surface area contributed by atoms with Gasteiger partial charge in [-0.3, -0.25) is 19.8 Å². The van der Waals surface area contributed by atoms with Crippen LogP contribution in [-0.2, 0) is 32.5 Å². The summed E-state index contributed by atoms with van der Waals surface area (Å²) in [5.74, 6) is 1.36. The number of amides is 2. The number of nitrogens with one attached hydrogen (secondary N) is 3. The second-order valence-electron chi connectivity index (χ2n) is 12.9. The zero-order valence-corrected chi connectivity index (χ0v) is 33.3. The van der Waals surface area contributed by atoms with Crippen LogP contribution in [0.25, 0.3) is 22.1 Å². The van der Waals surface area contributed by atoms with Crippen molar-refractivity contribution in [3.8, 4) is 11.5 Å². The van der Waals surface area contributed by atoms with Crippen LogP contribution >= 0.6 is 0 Å². The SMILES string of the molecule is CCS(=O)(=O)NCCCN(C(=O)CCc1[nH]nc2ncccc12)c1cccc(OC)c1.COc1cccc(N(CCCN)C(=O)CCc2[nH]nc3ncccc23)c1. The quantitative estimate of drug-likeness (QED) is 0.0835. The second kappa shape index (κ2) is 20.8. The summed E-state index contributed by atoms with van der Waals surface area (Å²) in [5.41, 5.74) is 10.2. The molecule has 0 radical (unpaired) electrons. The van der Waals surface area contributed by atoms with E-state index in [4.69, 9.17) is 15.2 Å². The normalized spacial score (nSPS) is 11.2. The van der Waals surface area contributed by atoms with E-state index in [1.165, 1.54) is 0 Å². The third-order valence-corrected chi connectivity index (χ3v) is 10.6. The van der Waals surface area contributed by atoms with Gasteiger partial charge in [-0.15, -0.1) is 0 Å². The molecule has 302 valence electrons. The molecule has 0 aliphatic heterocycles. The predicted molar refractivity (Wildman–Crippen MR) is 221 cm³/mol. The number of hydrogen-bond donors (Lipinski definition) is 4. The summed E-state index contributed by atoms with van der Waals surface area (Å²) in [6, 6.07) is 22.4. The van der Waals surface area contributed by atoms with Gasteiger partial charge >= 0.3 is 0 Å². The average Bonchev–Trinajstić information content (AvgIpc) is 3.86. The van der Waals surface area contributed by atoms with Gasteiger partial charge in [0.05, 0.1) is 20.0 Å². The van der Waals surface area contributed by atoms with Crippen molar-refractivity contribution in [2.24, 2.45) is 5.73 Å². The maximum absolute atomic E-state index is 13.1. The van der Waals surface area contributed by atoms with E-state index in [-0.39, 0.29) is 30.5 Å². The molecule has 0 atom stereocenters. The van der Waals surface area contributed by atoms with Crippen molar-refractivity contribution in [1.29, 1.82) is 0 Å². The number of aromatic nitrogens is 6. The number of hydrogen-bond acceptors (Lipinski definition) is 11.